The summed E-state index contributed by atoms with van der Waals surface area (Å²) in [4.78, 5) is 24.3. The molecule has 2 aromatic carbocycles. The predicted molar refractivity (Wildman–Crippen MR) is 108 cm³/mol. The summed E-state index contributed by atoms with van der Waals surface area (Å²) in [5.41, 5.74) is 4.51. The third-order valence-electron chi connectivity index (χ3n) is 4.38. The number of carbonyl (C=O) groups is 1. The molecule has 0 atom stereocenters. The van der Waals surface area contributed by atoms with Crippen LogP contribution in [0.15, 0.2) is 65.5 Å². The van der Waals surface area contributed by atoms with E-state index in [-0.39, 0.29) is 11.5 Å². The van der Waals surface area contributed by atoms with Crippen LogP contribution in [0, 0.1) is 13.8 Å². The summed E-state index contributed by atoms with van der Waals surface area (Å²) >= 11 is 0. The molecule has 5 heteroatoms. The molecule has 0 unspecified atom stereocenters. The van der Waals surface area contributed by atoms with Crippen LogP contribution >= 0.6 is 0 Å². The third kappa shape index (κ3) is 4.91. The Morgan fingerprint density at radius 3 is 2.59 bits per heavy atom. The minimum absolute atomic E-state index is 0.0593. The number of benzene rings is 2. The Morgan fingerprint density at radius 2 is 1.81 bits per heavy atom. The van der Waals surface area contributed by atoms with E-state index < -0.39 is 0 Å². The van der Waals surface area contributed by atoms with Crippen LogP contribution < -0.4 is 10.9 Å². The highest BCUT2D eigenvalue weighted by Gasteiger charge is 2.07. The Hall–Kier alpha value is -3.21. The molecule has 0 aliphatic carbocycles. The van der Waals surface area contributed by atoms with Crippen LogP contribution in [0.25, 0.3) is 11.3 Å². The van der Waals surface area contributed by atoms with Gasteiger partial charge in [-0.2, -0.15) is 5.10 Å². The van der Waals surface area contributed by atoms with Gasteiger partial charge in [-0.1, -0.05) is 42.5 Å². The number of hydrogen-bond acceptors (Lipinski definition) is 3. The summed E-state index contributed by atoms with van der Waals surface area (Å²) in [6.07, 6.45) is 0.874. The van der Waals surface area contributed by atoms with Crippen molar-refractivity contribution in [3.05, 3.63) is 82.1 Å². The number of amides is 1. The maximum atomic E-state index is 12.2. The van der Waals surface area contributed by atoms with E-state index in [9.17, 15) is 9.59 Å². The SMILES string of the molecule is Cc1ccc(C)c(NC(=O)CCCn2nc(-c3ccccc3)ccc2=O)c1. The Balaban J connectivity index is 1.61. The van der Waals surface area contributed by atoms with Crippen molar-refractivity contribution in [3.8, 4) is 11.3 Å². The number of rotatable bonds is 6. The second-order valence-corrected chi connectivity index (χ2v) is 6.62. The Morgan fingerprint density at radius 1 is 1.04 bits per heavy atom. The molecule has 0 aliphatic rings. The second kappa shape index (κ2) is 8.45. The lowest BCUT2D eigenvalue weighted by molar-refractivity contribution is -0.116. The van der Waals surface area contributed by atoms with Gasteiger partial charge in [0.05, 0.1) is 5.69 Å². The zero-order valence-electron chi connectivity index (χ0n) is 15.6. The molecule has 27 heavy (non-hydrogen) atoms. The van der Waals surface area contributed by atoms with E-state index in [0.29, 0.717) is 19.4 Å². The van der Waals surface area contributed by atoms with Gasteiger partial charge in [0.2, 0.25) is 5.91 Å². The highest BCUT2D eigenvalue weighted by Crippen LogP contribution is 2.17. The van der Waals surface area contributed by atoms with E-state index in [1.54, 1.807) is 6.07 Å². The molecule has 0 radical (unpaired) electrons. The summed E-state index contributed by atoms with van der Waals surface area (Å²) in [7, 11) is 0. The van der Waals surface area contributed by atoms with Crippen molar-refractivity contribution >= 4 is 11.6 Å². The molecule has 3 aromatic rings. The average molecular weight is 361 g/mol. The van der Waals surface area contributed by atoms with Crippen LogP contribution in [-0.2, 0) is 11.3 Å². The van der Waals surface area contributed by atoms with Crippen molar-refractivity contribution in [2.45, 2.75) is 33.2 Å². The highest BCUT2D eigenvalue weighted by molar-refractivity contribution is 5.91. The molecule has 0 saturated carbocycles. The zero-order valence-corrected chi connectivity index (χ0v) is 15.6. The van der Waals surface area contributed by atoms with Gasteiger partial charge in [-0.15, -0.1) is 0 Å². The smallest absolute Gasteiger partial charge is 0.266 e. The fraction of sp³-hybridized carbons (Fsp3) is 0.227. The highest BCUT2D eigenvalue weighted by atomic mass is 16.1. The van der Waals surface area contributed by atoms with E-state index in [1.165, 1.54) is 10.7 Å². The Kier molecular flexibility index (Phi) is 5.81. The van der Waals surface area contributed by atoms with Crippen LogP contribution in [0.1, 0.15) is 24.0 Å². The third-order valence-corrected chi connectivity index (χ3v) is 4.38. The first-order chi connectivity index (χ1) is 13.0. The maximum absolute atomic E-state index is 12.2. The predicted octanol–water partition coefficient (Wildman–Crippen LogP) is 3.95. The minimum atomic E-state index is -0.162. The van der Waals surface area contributed by atoms with Crippen molar-refractivity contribution in [2.24, 2.45) is 0 Å². The summed E-state index contributed by atoms with van der Waals surface area (Å²) in [5, 5.41) is 7.36. The van der Waals surface area contributed by atoms with Gasteiger partial charge in [-0.05, 0) is 43.5 Å². The second-order valence-electron chi connectivity index (χ2n) is 6.62. The molecular weight excluding hydrogens is 338 g/mol. The van der Waals surface area contributed by atoms with Gasteiger partial charge in [-0.3, -0.25) is 9.59 Å². The molecule has 0 spiro atoms. The molecule has 0 aliphatic heterocycles. The molecular formula is C22H23N3O2. The van der Waals surface area contributed by atoms with Gasteiger partial charge < -0.3 is 5.32 Å². The largest absolute Gasteiger partial charge is 0.326 e. The molecule has 1 heterocycles. The van der Waals surface area contributed by atoms with E-state index in [4.69, 9.17) is 0 Å². The molecule has 1 N–H and O–H groups in total. The summed E-state index contributed by atoms with van der Waals surface area (Å²) in [6, 6.07) is 18.9. The Labute approximate surface area is 158 Å². The Bertz CT molecular complexity index is 994. The fourth-order valence-electron chi connectivity index (χ4n) is 2.84. The molecule has 0 saturated heterocycles. The van der Waals surface area contributed by atoms with Crippen molar-refractivity contribution in [3.63, 3.8) is 0 Å². The van der Waals surface area contributed by atoms with Crippen LogP contribution in [0.4, 0.5) is 5.69 Å². The molecule has 138 valence electrons. The number of nitrogens with zero attached hydrogens (tertiary/aromatic N) is 2. The summed E-state index contributed by atoms with van der Waals surface area (Å²) < 4.78 is 1.42. The molecule has 5 nitrogen and oxygen atoms in total. The monoisotopic (exact) mass is 361 g/mol. The van der Waals surface area contributed by atoms with Gasteiger partial charge in [0, 0.05) is 30.3 Å². The molecule has 0 bridgehead atoms. The van der Waals surface area contributed by atoms with Gasteiger partial charge in [-0.25, -0.2) is 4.68 Å². The minimum Gasteiger partial charge on any atom is -0.326 e. The average Bonchev–Trinajstić information content (AvgIpc) is 2.67. The number of aromatic nitrogens is 2. The van der Waals surface area contributed by atoms with Crippen molar-refractivity contribution < 1.29 is 4.79 Å². The number of nitrogens with one attached hydrogen (secondary N) is 1. The molecule has 3 rings (SSSR count). The maximum Gasteiger partial charge on any atom is 0.266 e. The van der Waals surface area contributed by atoms with E-state index >= 15 is 0 Å². The molecule has 0 fully saturated rings. The first-order valence-electron chi connectivity index (χ1n) is 9.03. The van der Waals surface area contributed by atoms with Crippen LogP contribution in [-0.4, -0.2) is 15.7 Å². The van der Waals surface area contributed by atoms with Crippen molar-refractivity contribution in [1.29, 1.82) is 0 Å². The van der Waals surface area contributed by atoms with Crippen LogP contribution in [0.2, 0.25) is 0 Å². The van der Waals surface area contributed by atoms with Gasteiger partial charge in [0.1, 0.15) is 0 Å². The quantitative estimate of drug-likeness (QED) is 0.723. The number of aryl methyl sites for hydroxylation is 3. The van der Waals surface area contributed by atoms with Crippen LogP contribution in [0.3, 0.4) is 0 Å². The van der Waals surface area contributed by atoms with Crippen LogP contribution in [0.5, 0.6) is 0 Å². The summed E-state index contributed by atoms with van der Waals surface area (Å²) in [6.45, 7) is 4.36. The fourth-order valence-corrected chi connectivity index (χ4v) is 2.84. The standard InChI is InChI=1S/C22H23N3O2/c1-16-10-11-17(2)20(15-16)23-21(26)9-6-14-25-22(27)13-12-19(24-25)18-7-4-3-5-8-18/h3-5,7-8,10-13,15H,6,9,14H2,1-2H3,(H,23,26). The lowest BCUT2D eigenvalue weighted by atomic mass is 10.1. The molecule has 1 amide bonds. The topological polar surface area (TPSA) is 64.0 Å². The normalized spacial score (nSPS) is 10.6. The zero-order chi connectivity index (χ0) is 19.2. The number of hydrogen-bond donors (Lipinski definition) is 1. The van der Waals surface area contributed by atoms with Crippen molar-refractivity contribution in [1.82, 2.24) is 9.78 Å². The van der Waals surface area contributed by atoms with E-state index in [1.807, 2.05) is 62.4 Å². The van der Waals surface area contributed by atoms with E-state index in [0.717, 1.165) is 28.1 Å². The lowest BCUT2D eigenvalue weighted by Gasteiger charge is -2.10. The summed E-state index contributed by atoms with van der Waals surface area (Å²) in [5.74, 6) is -0.0593. The number of anilines is 1. The van der Waals surface area contributed by atoms with Gasteiger partial charge in [0.25, 0.3) is 5.56 Å². The van der Waals surface area contributed by atoms with Gasteiger partial charge >= 0.3 is 0 Å². The van der Waals surface area contributed by atoms with Crippen molar-refractivity contribution in [2.75, 3.05) is 5.32 Å². The molecule has 1 aromatic heterocycles. The first kappa shape index (κ1) is 18.6. The number of carbonyl (C=O) groups excluding carboxylic acids is 1. The van der Waals surface area contributed by atoms with E-state index in [2.05, 4.69) is 10.4 Å². The van der Waals surface area contributed by atoms with Gasteiger partial charge in [0.15, 0.2) is 0 Å². The lowest BCUT2D eigenvalue weighted by Crippen LogP contribution is -2.23. The first-order valence-corrected chi connectivity index (χ1v) is 9.03.